The van der Waals surface area contributed by atoms with Crippen LogP contribution in [0.1, 0.15) is 45.6 Å². The SMILES string of the molecule is CC(C)(C)N(C(=O)O)C1=N[C@@]2(c3cc([N+](=O)[O-])ccc3F)CC[C@@H](F)C[C@H]2CS1. The number of carboxylic acid groups (broad SMARTS) is 1. The summed E-state index contributed by atoms with van der Waals surface area (Å²) in [7, 11) is 0. The van der Waals surface area contributed by atoms with Gasteiger partial charge in [0.15, 0.2) is 5.17 Å². The Morgan fingerprint density at radius 2 is 2.14 bits per heavy atom. The minimum Gasteiger partial charge on any atom is -0.465 e. The summed E-state index contributed by atoms with van der Waals surface area (Å²) in [6.45, 7) is 5.15. The summed E-state index contributed by atoms with van der Waals surface area (Å²) < 4.78 is 29.0. The average Bonchev–Trinajstić information content (AvgIpc) is 2.60. The van der Waals surface area contributed by atoms with Crippen molar-refractivity contribution in [3.05, 3.63) is 39.7 Å². The third-order valence-corrected chi connectivity index (χ3v) is 6.54. The number of nitro groups is 1. The van der Waals surface area contributed by atoms with Crippen molar-refractivity contribution in [3.63, 3.8) is 0 Å². The zero-order valence-electron chi connectivity index (χ0n) is 16.4. The first-order chi connectivity index (χ1) is 13.5. The van der Waals surface area contributed by atoms with Gasteiger partial charge < -0.3 is 5.11 Å². The molecule has 1 fully saturated rings. The molecule has 7 nitrogen and oxygen atoms in total. The molecule has 0 aromatic heterocycles. The molecule has 0 radical (unpaired) electrons. The van der Waals surface area contributed by atoms with E-state index < -0.39 is 40.0 Å². The Balaban J connectivity index is 2.21. The van der Waals surface area contributed by atoms with Gasteiger partial charge in [0.05, 0.1) is 10.5 Å². The van der Waals surface area contributed by atoms with Crippen molar-refractivity contribution in [3.8, 4) is 0 Å². The molecule has 1 saturated carbocycles. The topological polar surface area (TPSA) is 96.0 Å². The maximum Gasteiger partial charge on any atom is 0.413 e. The van der Waals surface area contributed by atoms with Gasteiger partial charge in [-0.3, -0.25) is 20.0 Å². The molecule has 3 rings (SSSR count). The van der Waals surface area contributed by atoms with Crippen molar-refractivity contribution >= 4 is 28.7 Å². The molecule has 0 bridgehead atoms. The van der Waals surface area contributed by atoms with E-state index in [1.807, 2.05) is 0 Å². The van der Waals surface area contributed by atoms with Crippen LogP contribution in [0.5, 0.6) is 0 Å². The Morgan fingerprint density at radius 3 is 2.72 bits per heavy atom. The summed E-state index contributed by atoms with van der Waals surface area (Å²) in [6, 6.07) is 3.25. The van der Waals surface area contributed by atoms with Gasteiger partial charge >= 0.3 is 6.09 Å². The lowest BCUT2D eigenvalue weighted by Gasteiger charge is -2.47. The number of amides is 1. The number of nitrogens with zero attached hydrogens (tertiary/aromatic N) is 3. The molecule has 3 atom stereocenters. The average molecular weight is 427 g/mol. The number of nitro benzene ring substituents is 1. The fourth-order valence-electron chi connectivity index (χ4n) is 4.08. The Morgan fingerprint density at radius 1 is 1.45 bits per heavy atom. The number of amidine groups is 1. The Labute approximate surface area is 171 Å². The lowest BCUT2D eigenvalue weighted by molar-refractivity contribution is -0.385. The molecule has 1 N–H and O–H groups in total. The Hall–Kier alpha value is -2.23. The fourth-order valence-corrected chi connectivity index (χ4v) is 5.55. The molecule has 10 heteroatoms. The highest BCUT2D eigenvalue weighted by Crippen LogP contribution is 2.51. The summed E-state index contributed by atoms with van der Waals surface area (Å²) in [6.07, 6.45) is -1.84. The summed E-state index contributed by atoms with van der Waals surface area (Å²) in [5, 5.41) is 21.2. The molecule has 1 aromatic rings. The van der Waals surface area contributed by atoms with Crippen molar-refractivity contribution in [2.24, 2.45) is 10.9 Å². The number of rotatable bonds is 2. The van der Waals surface area contributed by atoms with Gasteiger partial charge in [0.2, 0.25) is 0 Å². The van der Waals surface area contributed by atoms with Gasteiger partial charge in [-0.15, -0.1) is 0 Å². The summed E-state index contributed by atoms with van der Waals surface area (Å²) in [5.41, 5.74) is -2.29. The van der Waals surface area contributed by atoms with E-state index in [4.69, 9.17) is 0 Å². The number of benzene rings is 1. The van der Waals surface area contributed by atoms with Crippen LogP contribution in [0.15, 0.2) is 23.2 Å². The van der Waals surface area contributed by atoms with Crippen molar-refractivity contribution in [1.82, 2.24) is 4.90 Å². The standard InChI is InChI=1S/C19H23F2N3O4S/c1-18(2,3)23(17(25)26)16-22-19(7-6-12(20)8-11(19)10-29-16)14-9-13(24(27)28)4-5-15(14)21/h4-5,9,11-12H,6-8,10H2,1-3H3,(H,25,26)/t11-,12+,19-/m0/s1. The lowest BCUT2D eigenvalue weighted by Crippen LogP contribution is -2.52. The highest BCUT2D eigenvalue weighted by Gasteiger charge is 2.51. The summed E-state index contributed by atoms with van der Waals surface area (Å²) >= 11 is 1.20. The lowest BCUT2D eigenvalue weighted by atomic mass is 9.69. The minimum absolute atomic E-state index is 0.0284. The predicted molar refractivity (Wildman–Crippen MR) is 106 cm³/mol. The minimum atomic E-state index is -1.24. The van der Waals surface area contributed by atoms with Crippen LogP contribution in [0, 0.1) is 21.8 Å². The van der Waals surface area contributed by atoms with E-state index in [0.29, 0.717) is 5.75 Å². The maximum absolute atomic E-state index is 14.9. The van der Waals surface area contributed by atoms with E-state index in [1.165, 1.54) is 11.8 Å². The van der Waals surface area contributed by atoms with E-state index >= 15 is 0 Å². The molecular weight excluding hydrogens is 404 g/mol. The van der Waals surface area contributed by atoms with E-state index in [1.54, 1.807) is 20.8 Å². The predicted octanol–water partition coefficient (Wildman–Crippen LogP) is 4.95. The van der Waals surface area contributed by atoms with Crippen LogP contribution in [-0.2, 0) is 5.54 Å². The Kier molecular flexibility index (Phi) is 5.59. The number of hydrogen-bond donors (Lipinski definition) is 1. The second-order valence-corrected chi connectivity index (χ2v) is 9.40. The molecule has 29 heavy (non-hydrogen) atoms. The van der Waals surface area contributed by atoms with Crippen molar-refractivity contribution in [2.45, 2.75) is 57.3 Å². The third-order valence-electron chi connectivity index (χ3n) is 5.44. The van der Waals surface area contributed by atoms with Crippen LogP contribution in [0.2, 0.25) is 0 Å². The van der Waals surface area contributed by atoms with Crippen LogP contribution in [0.25, 0.3) is 0 Å². The van der Waals surface area contributed by atoms with Crippen LogP contribution in [0.4, 0.5) is 19.3 Å². The largest absolute Gasteiger partial charge is 0.465 e. The number of fused-ring (bicyclic) bond motifs is 1. The first kappa shape index (κ1) is 21.5. The molecule has 1 aliphatic heterocycles. The van der Waals surface area contributed by atoms with Crippen molar-refractivity contribution < 1.29 is 23.6 Å². The first-order valence-corrected chi connectivity index (χ1v) is 10.3. The number of non-ortho nitro benzene ring substituents is 1. The third kappa shape index (κ3) is 3.94. The number of thioether (sulfide) groups is 1. The zero-order chi connectivity index (χ0) is 21.6. The van der Waals surface area contributed by atoms with Crippen LogP contribution in [0.3, 0.4) is 0 Å². The van der Waals surface area contributed by atoms with Gasteiger partial charge in [-0.2, -0.15) is 0 Å². The van der Waals surface area contributed by atoms with Gasteiger partial charge in [-0.1, -0.05) is 11.8 Å². The van der Waals surface area contributed by atoms with Gasteiger partial charge in [-0.05, 0) is 46.1 Å². The fraction of sp³-hybridized carbons (Fsp3) is 0.579. The number of halogens is 2. The first-order valence-electron chi connectivity index (χ1n) is 9.30. The van der Waals surface area contributed by atoms with Crippen molar-refractivity contribution in [1.29, 1.82) is 0 Å². The smallest absolute Gasteiger partial charge is 0.413 e. The molecule has 1 amide bonds. The molecule has 0 saturated heterocycles. The van der Waals surface area contributed by atoms with E-state index in [-0.39, 0.29) is 35.7 Å². The molecule has 0 spiro atoms. The highest BCUT2D eigenvalue weighted by molar-refractivity contribution is 8.13. The molecule has 0 unspecified atom stereocenters. The van der Waals surface area contributed by atoms with E-state index in [2.05, 4.69) is 4.99 Å². The monoisotopic (exact) mass is 427 g/mol. The molecule has 1 heterocycles. The van der Waals surface area contributed by atoms with Crippen molar-refractivity contribution in [2.75, 3.05) is 5.75 Å². The van der Waals surface area contributed by atoms with Crippen LogP contribution < -0.4 is 0 Å². The van der Waals surface area contributed by atoms with Crippen LogP contribution >= 0.6 is 11.8 Å². The van der Waals surface area contributed by atoms with Crippen LogP contribution in [-0.4, -0.2) is 43.7 Å². The second kappa shape index (κ2) is 7.55. The van der Waals surface area contributed by atoms with E-state index in [0.717, 1.165) is 23.1 Å². The van der Waals surface area contributed by atoms with Gasteiger partial charge in [-0.25, -0.2) is 13.6 Å². The van der Waals surface area contributed by atoms with Gasteiger partial charge in [0.25, 0.3) is 5.69 Å². The summed E-state index contributed by atoms with van der Waals surface area (Å²) in [5.74, 6) is -0.709. The molecule has 1 aromatic carbocycles. The molecule has 2 aliphatic rings. The van der Waals surface area contributed by atoms with E-state index in [9.17, 15) is 28.8 Å². The second-order valence-electron chi connectivity index (χ2n) is 8.41. The molecular formula is C19H23F2N3O4S. The Bertz CT molecular complexity index is 874. The molecule has 158 valence electrons. The summed E-state index contributed by atoms with van der Waals surface area (Å²) in [4.78, 5) is 28.4. The molecule has 1 aliphatic carbocycles. The van der Waals surface area contributed by atoms with Gasteiger partial charge in [0, 0.05) is 34.9 Å². The number of hydrogen-bond acceptors (Lipinski definition) is 5. The highest BCUT2D eigenvalue weighted by atomic mass is 32.2. The zero-order valence-corrected chi connectivity index (χ0v) is 17.2. The number of alkyl halides is 1. The maximum atomic E-state index is 14.9. The van der Waals surface area contributed by atoms with Gasteiger partial charge in [0.1, 0.15) is 12.0 Å². The number of carbonyl (C=O) groups is 1. The quantitative estimate of drug-likeness (QED) is 0.532. The normalized spacial score (nSPS) is 27.0. The number of aliphatic imine (C=N–C) groups is 1.